The molecule has 0 unspecified atom stereocenters. The molecule has 0 spiro atoms. The van der Waals surface area contributed by atoms with Crippen molar-refractivity contribution >= 4 is 64.9 Å². The van der Waals surface area contributed by atoms with Crippen LogP contribution < -0.4 is 0 Å². The van der Waals surface area contributed by atoms with E-state index in [2.05, 4.69) is 352 Å². The molecule has 1 aliphatic rings. The molecule has 430 valence electrons. The molecule has 0 N–H and O–H groups in total. The summed E-state index contributed by atoms with van der Waals surface area (Å²) in [6.45, 7) is 4.80. The maximum atomic E-state index is 2.50. The van der Waals surface area contributed by atoms with Crippen molar-refractivity contribution in [3.63, 3.8) is 0 Å². The molecule has 0 saturated heterocycles. The number of fused-ring (bicyclic) bond motifs is 12. The first-order valence-electron chi connectivity index (χ1n) is 32.1. The van der Waals surface area contributed by atoms with Crippen LogP contribution in [0.15, 0.2) is 334 Å². The van der Waals surface area contributed by atoms with Crippen LogP contribution in [-0.4, -0.2) is 4.57 Å². The van der Waals surface area contributed by atoms with E-state index < -0.39 is 0 Å². The fourth-order valence-electron chi connectivity index (χ4n) is 15.2. The molecule has 18 rings (SSSR count). The summed E-state index contributed by atoms with van der Waals surface area (Å²) in [6, 6.07) is 124. The molecule has 16 aromatic carbocycles. The largest absolute Gasteiger partial charge is 0.309 e. The Balaban J connectivity index is 0.692. The minimum Gasteiger partial charge on any atom is -0.309 e. The fourth-order valence-corrected chi connectivity index (χ4v) is 15.2. The molecule has 0 radical (unpaired) electrons. The van der Waals surface area contributed by atoms with Gasteiger partial charge in [-0.1, -0.05) is 293 Å². The van der Waals surface area contributed by atoms with Crippen LogP contribution in [0.1, 0.15) is 25.0 Å². The molecule has 1 nitrogen and oxygen atoms in total. The number of hydrogen-bond donors (Lipinski definition) is 0. The number of rotatable bonds is 9. The predicted molar refractivity (Wildman–Crippen MR) is 392 cm³/mol. The van der Waals surface area contributed by atoms with Crippen molar-refractivity contribution < 1.29 is 0 Å². The third-order valence-electron chi connectivity index (χ3n) is 20.0. The van der Waals surface area contributed by atoms with Crippen LogP contribution in [0, 0.1) is 0 Å². The van der Waals surface area contributed by atoms with E-state index in [1.165, 1.54) is 176 Å². The second kappa shape index (κ2) is 21.3. The molecule has 0 saturated carbocycles. The Bertz CT molecular complexity index is 5510. The molecule has 92 heavy (non-hydrogen) atoms. The van der Waals surface area contributed by atoms with Crippen molar-refractivity contribution in [2.24, 2.45) is 0 Å². The molecule has 1 heterocycles. The van der Waals surface area contributed by atoms with E-state index in [1.54, 1.807) is 0 Å². The van der Waals surface area contributed by atoms with Gasteiger partial charge in [-0.3, -0.25) is 0 Å². The van der Waals surface area contributed by atoms with Gasteiger partial charge in [0, 0.05) is 21.9 Å². The molecule has 1 aromatic heterocycles. The highest BCUT2D eigenvalue weighted by Gasteiger charge is 2.36. The number of nitrogens with zero attached hydrogens (tertiary/aromatic N) is 1. The van der Waals surface area contributed by atoms with E-state index >= 15 is 0 Å². The first-order chi connectivity index (χ1) is 45.3. The van der Waals surface area contributed by atoms with Crippen molar-refractivity contribution in [2.45, 2.75) is 19.3 Å². The monoisotopic (exact) mass is 1170 g/mol. The minimum absolute atomic E-state index is 0.222. The second-order valence-electron chi connectivity index (χ2n) is 25.5. The zero-order chi connectivity index (χ0) is 61.0. The summed E-state index contributed by atoms with van der Waals surface area (Å²) in [4.78, 5) is 0. The maximum Gasteiger partial charge on any atom is 0.0541 e. The van der Waals surface area contributed by atoms with Crippen LogP contribution in [0.5, 0.6) is 0 Å². The lowest BCUT2D eigenvalue weighted by Crippen LogP contribution is -2.15. The van der Waals surface area contributed by atoms with Crippen LogP contribution >= 0.6 is 0 Å². The number of hydrogen-bond acceptors (Lipinski definition) is 0. The number of aromatic nitrogens is 1. The highest BCUT2D eigenvalue weighted by Crippen LogP contribution is 2.51. The SMILES string of the molecule is CC1(C)c2cc(-c3ccc(-c4ccccc4)cc3)ccc2-c2ccc(-n3c4ccc(-c5ccc(-c6ccc(-c7cc8ccccc8c8ccccc78)cc6)cc5)cc4c4cc(-c5ccc(-c6ccc(-c7cc8ccccc8c8ccccc78)cc6)cc5)ccc43)cc21. The zero-order valence-corrected chi connectivity index (χ0v) is 51.2. The van der Waals surface area contributed by atoms with Crippen molar-refractivity contribution in [1.82, 2.24) is 4.57 Å². The highest BCUT2D eigenvalue weighted by atomic mass is 15.0. The van der Waals surface area contributed by atoms with E-state index in [9.17, 15) is 0 Å². The average Bonchev–Trinajstić information content (AvgIpc) is 1.58. The topological polar surface area (TPSA) is 4.93 Å². The molecule has 0 aliphatic heterocycles. The van der Waals surface area contributed by atoms with Crippen molar-refractivity contribution in [1.29, 1.82) is 0 Å². The van der Waals surface area contributed by atoms with Gasteiger partial charge in [-0.25, -0.2) is 0 Å². The third kappa shape index (κ3) is 8.84. The summed E-state index contributed by atoms with van der Waals surface area (Å²) in [5.41, 5.74) is 28.0. The zero-order valence-electron chi connectivity index (χ0n) is 51.2. The Morgan fingerprint density at radius 3 is 0.935 bits per heavy atom. The van der Waals surface area contributed by atoms with Gasteiger partial charge in [0.2, 0.25) is 0 Å². The molecule has 0 fully saturated rings. The summed E-state index contributed by atoms with van der Waals surface area (Å²) < 4.78 is 2.50. The van der Waals surface area contributed by atoms with Crippen LogP contribution in [-0.2, 0) is 5.41 Å². The van der Waals surface area contributed by atoms with Gasteiger partial charge in [0.15, 0.2) is 0 Å². The first-order valence-corrected chi connectivity index (χ1v) is 32.1. The van der Waals surface area contributed by atoms with Gasteiger partial charge in [0.05, 0.1) is 11.0 Å². The lowest BCUT2D eigenvalue weighted by molar-refractivity contribution is 0.660. The molecule has 17 aromatic rings. The molecule has 1 heteroatoms. The number of benzene rings is 16. The maximum absolute atomic E-state index is 2.50. The summed E-state index contributed by atoms with van der Waals surface area (Å²) >= 11 is 0. The lowest BCUT2D eigenvalue weighted by Gasteiger charge is -2.23. The molecule has 1 aliphatic carbocycles. The van der Waals surface area contributed by atoms with Crippen LogP contribution in [0.3, 0.4) is 0 Å². The Morgan fingerprint density at radius 2 is 0.500 bits per heavy atom. The summed E-state index contributed by atoms with van der Waals surface area (Å²) in [6.07, 6.45) is 0. The van der Waals surface area contributed by atoms with Crippen molar-refractivity contribution in [3.05, 3.63) is 345 Å². The van der Waals surface area contributed by atoms with Gasteiger partial charge >= 0.3 is 0 Å². The molecule has 0 bridgehead atoms. The average molecular weight is 1170 g/mol. The van der Waals surface area contributed by atoms with Gasteiger partial charge < -0.3 is 4.57 Å². The van der Waals surface area contributed by atoms with E-state index in [-0.39, 0.29) is 5.41 Å². The van der Waals surface area contributed by atoms with Gasteiger partial charge in [0.25, 0.3) is 0 Å². The quantitative estimate of drug-likeness (QED) is 0.127. The third-order valence-corrected chi connectivity index (χ3v) is 20.0. The van der Waals surface area contributed by atoms with Crippen molar-refractivity contribution in [2.75, 3.05) is 0 Å². The Hall–Kier alpha value is -11.6. The summed E-state index contributed by atoms with van der Waals surface area (Å²) in [7, 11) is 0. The van der Waals surface area contributed by atoms with Crippen molar-refractivity contribution in [3.8, 4) is 106 Å². The predicted octanol–water partition coefficient (Wildman–Crippen LogP) is 25.0. The van der Waals surface area contributed by atoms with E-state index in [0.29, 0.717) is 0 Å². The molecule has 0 amide bonds. The van der Waals surface area contributed by atoms with Crippen LogP contribution in [0.4, 0.5) is 0 Å². The summed E-state index contributed by atoms with van der Waals surface area (Å²) in [5.74, 6) is 0. The smallest absolute Gasteiger partial charge is 0.0541 e. The highest BCUT2D eigenvalue weighted by molar-refractivity contribution is 6.16. The Kier molecular flexibility index (Phi) is 12.3. The second-order valence-corrected chi connectivity index (χ2v) is 25.5. The van der Waals surface area contributed by atoms with Gasteiger partial charge in [-0.15, -0.1) is 0 Å². The molecule has 0 atom stereocenters. The van der Waals surface area contributed by atoms with Gasteiger partial charge in [-0.05, 0) is 209 Å². The van der Waals surface area contributed by atoms with E-state index in [1.807, 2.05) is 0 Å². The standard InChI is InChI=1S/C91H61N/c1-91(2)87-56-71(66-34-24-59(25-35-66)58-14-4-3-5-15-58)44-48-81(87)82-49-47-74(57-88(82)91)92-89-50-45-69(64-30-26-60(27-31-64)62-36-40-67(41-37-62)83-54-72-16-6-8-18-75(72)77-20-10-12-22-79(77)83)52-85(89)86-53-70(46-51-90(86)92)65-32-28-61(29-33-65)63-38-42-68(43-39-63)84-55-73-17-7-9-19-76(73)78-21-11-13-23-80(78)84/h3-57H,1-2H3. The van der Waals surface area contributed by atoms with Crippen LogP contribution in [0.25, 0.3) is 171 Å². The van der Waals surface area contributed by atoms with Crippen LogP contribution in [0.2, 0.25) is 0 Å². The Morgan fingerprint density at radius 1 is 0.196 bits per heavy atom. The normalized spacial score (nSPS) is 12.5. The first kappa shape index (κ1) is 53.4. The van der Waals surface area contributed by atoms with E-state index in [0.717, 1.165) is 5.69 Å². The molecular weight excluding hydrogens is 1110 g/mol. The lowest BCUT2D eigenvalue weighted by atomic mass is 9.81. The fraction of sp³-hybridized carbons (Fsp3) is 0.0330. The van der Waals surface area contributed by atoms with Gasteiger partial charge in [-0.2, -0.15) is 0 Å². The van der Waals surface area contributed by atoms with Gasteiger partial charge in [0.1, 0.15) is 0 Å². The van der Waals surface area contributed by atoms with E-state index in [4.69, 9.17) is 0 Å². The Labute approximate surface area is 536 Å². The molecular formula is C91H61N. The summed E-state index contributed by atoms with van der Waals surface area (Å²) in [5, 5.41) is 12.7. The minimum atomic E-state index is -0.222.